The van der Waals surface area contributed by atoms with Crippen molar-refractivity contribution in [1.82, 2.24) is 10.2 Å². The van der Waals surface area contributed by atoms with Crippen molar-refractivity contribution < 1.29 is 9.18 Å². The summed E-state index contributed by atoms with van der Waals surface area (Å²) in [6.45, 7) is 2.49. The molecule has 17 heavy (non-hydrogen) atoms. The Morgan fingerprint density at radius 1 is 1.47 bits per heavy atom. The number of benzene rings is 1. The van der Waals surface area contributed by atoms with Gasteiger partial charge in [-0.1, -0.05) is 0 Å². The Kier molecular flexibility index (Phi) is 4.45. The molecule has 3 N–H and O–H groups in total. The second-order valence-corrected chi connectivity index (χ2v) is 4.30. The maximum Gasteiger partial charge on any atom is 0.251 e. The van der Waals surface area contributed by atoms with E-state index in [1.54, 1.807) is 0 Å². The molecule has 94 valence electrons. The number of rotatable bonds is 4. The fraction of sp³-hybridized carbons (Fsp3) is 0.417. The zero-order valence-corrected chi connectivity index (χ0v) is 10.3. The van der Waals surface area contributed by atoms with E-state index in [0.717, 1.165) is 0 Å². The number of anilines is 1. The van der Waals surface area contributed by atoms with Gasteiger partial charge in [0.15, 0.2) is 0 Å². The Morgan fingerprint density at radius 2 is 2.12 bits per heavy atom. The molecule has 0 heterocycles. The quantitative estimate of drug-likeness (QED) is 0.773. The van der Waals surface area contributed by atoms with Crippen LogP contribution in [0.5, 0.6) is 0 Å². The predicted molar refractivity (Wildman–Crippen MR) is 66.3 cm³/mol. The van der Waals surface area contributed by atoms with Crippen molar-refractivity contribution >= 4 is 11.6 Å². The Labute approximate surface area is 101 Å². The third-order valence-electron chi connectivity index (χ3n) is 2.62. The molecule has 0 aromatic heterocycles. The molecule has 0 saturated carbocycles. The summed E-state index contributed by atoms with van der Waals surface area (Å²) in [5.41, 5.74) is 5.96. The van der Waals surface area contributed by atoms with Crippen molar-refractivity contribution in [3.8, 4) is 0 Å². The van der Waals surface area contributed by atoms with E-state index in [4.69, 9.17) is 5.73 Å². The average molecular weight is 239 g/mol. The number of nitrogen functional groups attached to an aromatic ring is 1. The van der Waals surface area contributed by atoms with Crippen LogP contribution in [-0.2, 0) is 0 Å². The van der Waals surface area contributed by atoms with Gasteiger partial charge in [-0.25, -0.2) is 4.39 Å². The van der Waals surface area contributed by atoms with E-state index in [2.05, 4.69) is 5.32 Å². The van der Waals surface area contributed by atoms with Gasteiger partial charge in [0, 0.05) is 23.8 Å². The van der Waals surface area contributed by atoms with Gasteiger partial charge in [-0.2, -0.15) is 0 Å². The zero-order chi connectivity index (χ0) is 13.0. The Balaban J connectivity index is 2.64. The average Bonchev–Trinajstić information content (AvgIpc) is 2.23. The first-order valence-electron chi connectivity index (χ1n) is 5.41. The van der Waals surface area contributed by atoms with E-state index in [0.29, 0.717) is 6.54 Å². The van der Waals surface area contributed by atoms with Gasteiger partial charge in [0.05, 0.1) is 0 Å². The second kappa shape index (κ2) is 5.63. The van der Waals surface area contributed by atoms with Crippen LogP contribution in [0.25, 0.3) is 0 Å². The van der Waals surface area contributed by atoms with Gasteiger partial charge < -0.3 is 16.0 Å². The lowest BCUT2D eigenvalue weighted by Crippen LogP contribution is -2.38. The normalized spacial score (nSPS) is 12.5. The van der Waals surface area contributed by atoms with Crippen molar-refractivity contribution in [2.45, 2.75) is 13.0 Å². The van der Waals surface area contributed by atoms with Crippen LogP contribution in [0, 0.1) is 5.82 Å². The summed E-state index contributed by atoms with van der Waals surface area (Å²) in [6, 6.07) is 4.02. The van der Waals surface area contributed by atoms with E-state index in [-0.39, 0.29) is 23.2 Å². The lowest BCUT2D eigenvalue weighted by Gasteiger charge is -2.20. The van der Waals surface area contributed by atoms with Crippen LogP contribution >= 0.6 is 0 Å². The van der Waals surface area contributed by atoms with Gasteiger partial charge in [0.1, 0.15) is 5.82 Å². The molecule has 0 spiro atoms. The van der Waals surface area contributed by atoms with Crippen molar-refractivity contribution in [2.75, 3.05) is 26.4 Å². The summed E-state index contributed by atoms with van der Waals surface area (Å²) in [4.78, 5) is 13.7. The van der Waals surface area contributed by atoms with Gasteiger partial charge in [0.25, 0.3) is 5.91 Å². The Bertz CT molecular complexity index is 386. The lowest BCUT2D eigenvalue weighted by molar-refractivity contribution is 0.0943. The number of nitrogens with two attached hydrogens (primary N) is 1. The number of nitrogens with one attached hydrogen (secondary N) is 1. The molecule has 4 nitrogen and oxygen atoms in total. The number of amides is 1. The van der Waals surface area contributed by atoms with Crippen LogP contribution in [0.15, 0.2) is 18.2 Å². The van der Waals surface area contributed by atoms with Gasteiger partial charge in [-0.05, 0) is 39.2 Å². The molecule has 1 atom stereocenters. The lowest BCUT2D eigenvalue weighted by atomic mass is 10.2. The fourth-order valence-electron chi connectivity index (χ4n) is 1.27. The minimum atomic E-state index is -0.504. The molecular weight excluding hydrogens is 221 g/mol. The molecule has 0 radical (unpaired) electrons. The van der Waals surface area contributed by atoms with Crippen LogP contribution in [0.4, 0.5) is 10.1 Å². The highest BCUT2D eigenvalue weighted by molar-refractivity contribution is 5.95. The van der Waals surface area contributed by atoms with E-state index in [1.165, 1.54) is 18.2 Å². The van der Waals surface area contributed by atoms with Crippen LogP contribution < -0.4 is 11.1 Å². The standard InChI is InChI=1S/C12H18FN3O/c1-8(16(2)3)7-15-12(17)9-4-10(13)6-11(14)5-9/h4-6,8H,7,14H2,1-3H3,(H,15,17). The summed E-state index contributed by atoms with van der Waals surface area (Å²) in [5, 5.41) is 2.73. The maximum absolute atomic E-state index is 13.0. The number of carbonyl (C=O) groups excluding carboxylic acids is 1. The summed E-state index contributed by atoms with van der Waals surface area (Å²) in [7, 11) is 3.86. The van der Waals surface area contributed by atoms with Crippen molar-refractivity contribution in [3.05, 3.63) is 29.6 Å². The largest absolute Gasteiger partial charge is 0.399 e. The molecule has 1 aromatic carbocycles. The molecule has 1 amide bonds. The monoisotopic (exact) mass is 239 g/mol. The molecule has 0 aliphatic carbocycles. The molecule has 0 aliphatic heterocycles. The van der Waals surface area contributed by atoms with Crippen LogP contribution in [0.2, 0.25) is 0 Å². The van der Waals surface area contributed by atoms with Gasteiger partial charge in [-0.15, -0.1) is 0 Å². The summed E-state index contributed by atoms with van der Waals surface area (Å²) < 4.78 is 13.0. The molecule has 0 aliphatic rings. The Hall–Kier alpha value is -1.62. The fourth-order valence-corrected chi connectivity index (χ4v) is 1.27. The number of halogens is 1. The third kappa shape index (κ3) is 4.03. The zero-order valence-electron chi connectivity index (χ0n) is 10.3. The maximum atomic E-state index is 13.0. The van der Waals surface area contributed by atoms with Crippen LogP contribution in [-0.4, -0.2) is 37.5 Å². The number of hydrogen-bond acceptors (Lipinski definition) is 3. The molecule has 0 fully saturated rings. The molecule has 0 saturated heterocycles. The number of hydrogen-bond donors (Lipinski definition) is 2. The molecule has 5 heteroatoms. The van der Waals surface area contributed by atoms with Gasteiger partial charge in [-0.3, -0.25) is 4.79 Å². The minimum absolute atomic E-state index is 0.213. The molecule has 0 bridgehead atoms. The smallest absolute Gasteiger partial charge is 0.251 e. The van der Waals surface area contributed by atoms with E-state index < -0.39 is 5.82 Å². The first kappa shape index (κ1) is 13.4. The Morgan fingerprint density at radius 3 is 2.65 bits per heavy atom. The molecular formula is C12H18FN3O. The number of likely N-dealkylation sites (N-methyl/N-ethyl adjacent to an activating group) is 1. The first-order valence-corrected chi connectivity index (χ1v) is 5.41. The number of carbonyl (C=O) groups is 1. The highest BCUT2D eigenvalue weighted by Gasteiger charge is 2.10. The first-order chi connectivity index (χ1) is 7.90. The summed E-state index contributed by atoms with van der Waals surface area (Å²) in [5.74, 6) is -0.819. The van der Waals surface area contributed by atoms with E-state index in [9.17, 15) is 9.18 Å². The number of nitrogens with zero attached hydrogens (tertiary/aromatic N) is 1. The SMILES string of the molecule is CC(CNC(=O)c1cc(N)cc(F)c1)N(C)C. The third-order valence-corrected chi connectivity index (χ3v) is 2.62. The van der Waals surface area contributed by atoms with E-state index >= 15 is 0 Å². The molecule has 1 rings (SSSR count). The summed E-state index contributed by atoms with van der Waals surface area (Å²) in [6.07, 6.45) is 0. The van der Waals surface area contributed by atoms with E-state index in [1.807, 2.05) is 25.9 Å². The van der Waals surface area contributed by atoms with Crippen LogP contribution in [0.1, 0.15) is 17.3 Å². The van der Waals surface area contributed by atoms with Crippen molar-refractivity contribution in [3.63, 3.8) is 0 Å². The van der Waals surface area contributed by atoms with Gasteiger partial charge in [0.2, 0.25) is 0 Å². The molecule has 1 aromatic rings. The second-order valence-electron chi connectivity index (χ2n) is 4.30. The minimum Gasteiger partial charge on any atom is -0.399 e. The van der Waals surface area contributed by atoms with Crippen molar-refractivity contribution in [1.29, 1.82) is 0 Å². The highest BCUT2D eigenvalue weighted by Crippen LogP contribution is 2.10. The topological polar surface area (TPSA) is 58.4 Å². The molecule has 1 unspecified atom stereocenters. The highest BCUT2D eigenvalue weighted by atomic mass is 19.1. The van der Waals surface area contributed by atoms with Gasteiger partial charge >= 0.3 is 0 Å². The van der Waals surface area contributed by atoms with Crippen LogP contribution in [0.3, 0.4) is 0 Å². The summed E-state index contributed by atoms with van der Waals surface area (Å²) >= 11 is 0. The predicted octanol–water partition coefficient (Wildman–Crippen LogP) is 1.09. The van der Waals surface area contributed by atoms with Crippen molar-refractivity contribution in [2.24, 2.45) is 0 Å².